The smallest absolute Gasteiger partial charge is 0.277 e. The lowest BCUT2D eigenvalue weighted by molar-refractivity contribution is -0.123. The van der Waals surface area contributed by atoms with Crippen molar-refractivity contribution in [3.05, 3.63) is 64.4 Å². The SMILES string of the molecule is O=C(COc1ccccc1Br)N/N=C/c1ccccc1F. The molecule has 0 unspecified atom stereocenters. The van der Waals surface area contributed by atoms with Gasteiger partial charge in [0.2, 0.25) is 0 Å². The van der Waals surface area contributed by atoms with Crippen LogP contribution in [0.4, 0.5) is 4.39 Å². The number of hydrogen-bond donors (Lipinski definition) is 1. The number of carbonyl (C=O) groups is 1. The second-order valence-corrected chi connectivity index (χ2v) is 4.89. The molecule has 4 nitrogen and oxygen atoms in total. The minimum absolute atomic E-state index is 0.183. The highest BCUT2D eigenvalue weighted by atomic mass is 79.9. The molecule has 6 heteroatoms. The van der Waals surface area contributed by atoms with E-state index in [1.165, 1.54) is 12.3 Å². The van der Waals surface area contributed by atoms with E-state index >= 15 is 0 Å². The first kappa shape index (κ1) is 15.2. The van der Waals surface area contributed by atoms with Gasteiger partial charge in [-0.1, -0.05) is 30.3 Å². The van der Waals surface area contributed by atoms with E-state index < -0.39 is 11.7 Å². The summed E-state index contributed by atoms with van der Waals surface area (Å²) >= 11 is 3.31. The third-order valence-electron chi connectivity index (χ3n) is 2.49. The molecule has 1 N–H and O–H groups in total. The van der Waals surface area contributed by atoms with Crippen molar-refractivity contribution >= 4 is 28.1 Å². The summed E-state index contributed by atoms with van der Waals surface area (Å²) in [7, 11) is 0. The molecule has 0 radical (unpaired) electrons. The molecule has 0 aliphatic carbocycles. The number of ether oxygens (including phenoxy) is 1. The molecule has 0 saturated carbocycles. The highest BCUT2D eigenvalue weighted by molar-refractivity contribution is 9.10. The summed E-state index contributed by atoms with van der Waals surface area (Å²) in [6, 6.07) is 13.3. The number of nitrogens with one attached hydrogen (secondary N) is 1. The molecule has 108 valence electrons. The minimum Gasteiger partial charge on any atom is -0.483 e. The fourth-order valence-electron chi connectivity index (χ4n) is 1.49. The summed E-state index contributed by atoms with van der Waals surface area (Å²) in [4.78, 5) is 11.5. The second-order valence-electron chi connectivity index (χ2n) is 4.03. The van der Waals surface area contributed by atoms with E-state index in [0.29, 0.717) is 11.3 Å². The molecule has 0 fully saturated rings. The van der Waals surface area contributed by atoms with Gasteiger partial charge in [-0.3, -0.25) is 4.79 Å². The molecule has 0 saturated heterocycles. The second kappa shape index (κ2) is 7.54. The van der Waals surface area contributed by atoms with Crippen LogP contribution in [-0.2, 0) is 4.79 Å². The van der Waals surface area contributed by atoms with E-state index in [9.17, 15) is 9.18 Å². The number of nitrogens with zero attached hydrogens (tertiary/aromatic N) is 1. The fourth-order valence-corrected chi connectivity index (χ4v) is 1.89. The van der Waals surface area contributed by atoms with Crippen molar-refractivity contribution in [2.45, 2.75) is 0 Å². The van der Waals surface area contributed by atoms with Gasteiger partial charge < -0.3 is 4.74 Å². The zero-order valence-electron chi connectivity index (χ0n) is 10.9. The third kappa shape index (κ3) is 4.68. The Balaban J connectivity index is 1.83. The van der Waals surface area contributed by atoms with Gasteiger partial charge in [0.1, 0.15) is 11.6 Å². The number of halogens is 2. The molecule has 0 spiro atoms. The van der Waals surface area contributed by atoms with Crippen molar-refractivity contribution in [3.8, 4) is 5.75 Å². The minimum atomic E-state index is -0.432. The number of carbonyl (C=O) groups excluding carboxylic acids is 1. The maximum absolute atomic E-state index is 13.3. The topological polar surface area (TPSA) is 50.7 Å². The number of hydrazone groups is 1. The van der Waals surface area contributed by atoms with E-state index in [0.717, 1.165) is 4.47 Å². The monoisotopic (exact) mass is 350 g/mol. The zero-order valence-corrected chi connectivity index (χ0v) is 12.5. The lowest BCUT2D eigenvalue weighted by Crippen LogP contribution is -2.24. The van der Waals surface area contributed by atoms with Gasteiger partial charge in [-0.2, -0.15) is 5.10 Å². The standard InChI is InChI=1S/C15H12BrFN2O2/c16-12-6-2-4-8-14(12)21-10-15(20)19-18-9-11-5-1-3-7-13(11)17/h1-9H,10H2,(H,19,20)/b18-9+. The Morgan fingerprint density at radius 1 is 1.24 bits per heavy atom. The highest BCUT2D eigenvalue weighted by Crippen LogP contribution is 2.23. The van der Waals surface area contributed by atoms with Gasteiger partial charge in [0.25, 0.3) is 5.91 Å². The number of rotatable bonds is 5. The van der Waals surface area contributed by atoms with Gasteiger partial charge in [0, 0.05) is 5.56 Å². The lowest BCUT2D eigenvalue weighted by Gasteiger charge is -2.06. The summed E-state index contributed by atoms with van der Waals surface area (Å²) < 4.78 is 19.4. The van der Waals surface area contributed by atoms with E-state index in [4.69, 9.17) is 4.74 Å². The average Bonchev–Trinajstić information content (AvgIpc) is 2.48. The maximum Gasteiger partial charge on any atom is 0.277 e. The molecule has 0 heterocycles. The molecular weight excluding hydrogens is 339 g/mol. The largest absolute Gasteiger partial charge is 0.483 e. The van der Waals surface area contributed by atoms with Gasteiger partial charge in [-0.05, 0) is 34.1 Å². The predicted octanol–water partition coefficient (Wildman–Crippen LogP) is 3.12. The molecule has 21 heavy (non-hydrogen) atoms. The first-order valence-electron chi connectivity index (χ1n) is 6.10. The van der Waals surface area contributed by atoms with E-state index in [2.05, 4.69) is 26.5 Å². The van der Waals surface area contributed by atoms with Crippen molar-refractivity contribution in [3.63, 3.8) is 0 Å². The summed E-state index contributed by atoms with van der Waals surface area (Å²) in [5.41, 5.74) is 2.57. The van der Waals surface area contributed by atoms with E-state index in [1.54, 1.807) is 30.3 Å². The van der Waals surface area contributed by atoms with Crippen molar-refractivity contribution in [1.82, 2.24) is 5.43 Å². The normalized spacial score (nSPS) is 10.6. The van der Waals surface area contributed by atoms with Gasteiger partial charge >= 0.3 is 0 Å². The molecule has 2 aromatic carbocycles. The van der Waals surface area contributed by atoms with Gasteiger partial charge in [-0.25, -0.2) is 9.82 Å². The summed E-state index contributed by atoms with van der Waals surface area (Å²) in [5.74, 6) is -0.274. The van der Waals surface area contributed by atoms with Gasteiger partial charge in [0.05, 0.1) is 10.7 Å². The van der Waals surface area contributed by atoms with Crippen LogP contribution in [0.25, 0.3) is 0 Å². The molecule has 0 aromatic heterocycles. The Labute approximate surface area is 129 Å². The average molecular weight is 351 g/mol. The number of hydrogen-bond acceptors (Lipinski definition) is 3. The first-order valence-corrected chi connectivity index (χ1v) is 6.90. The van der Waals surface area contributed by atoms with Crippen molar-refractivity contribution < 1.29 is 13.9 Å². The van der Waals surface area contributed by atoms with Crippen molar-refractivity contribution in [2.75, 3.05) is 6.61 Å². The molecule has 0 aliphatic rings. The number of amides is 1. The summed E-state index contributed by atoms with van der Waals surface area (Å²) in [5, 5.41) is 3.68. The van der Waals surface area contributed by atoms with Gasteiger partial charge in [0.15, 0.2) is 6.61 Å². The van der Waals surface area contributed by atoms with E-state index in [-0.39, 0.29) is 6.61 Å². The number of para-hydroxylation sites is 1. The van der Waals surface area contributed by atoms with Crippen LogP contribution in [0.5, 0.6) is 5.75 Å². The van der Waals surface area contributed by atoms with Crippen LogP contribution < -0.4 is 10.2 Å². The fraction of sp³-hybridized carbons (Fsp3) is 0.0667. The Bertz CT molecular complexity index is 662. The Kier molecular flexibility index (Phi) is 5.45. The van der Waals surface area contributed by atoms with Crippen LogP contribution in [0.1, 0.15) is 5.56 Å². The van der Waals surface area contributed by atoms with Crippen molar-refractivity contribution in [2.24, 2.45) is 5.10 Å². The molecule has 0 atom stereocenters. The van der Waals surface area contributed by atoms with Crippen LogP contribution in [-0.4, -0.2) is 18.7 Å². The van der Waals surface area contributed by atoms with Gasteiger partial charge in [-0.15, -0.1) is 0 Å². The summed E-state index contributed by atoms with van der Waals surface area (Å²) in [6.07, 6.45) is 1.24. The Morgan fingerprint density at radius 3 is 2.71 bits per heavy atom. The van der Waals surface area contributed by atoms with Crippen LogP contribution >= 0.6 is 15.9 Å². The van der Waals surface area contributed by atoms with E-state index in [1.807, 2.05) is 12.1 Å². The predicted molar refractivity (Wildman–Crippen MR) is 81.8 cm³/mol. The van der Waals surface area contributed by atoms with Crippen LogP contribution in [0.2, 0.25) is 0 Å². The maximum atomic E-state index is 13.3. The van der Waals surface area contributed by atoms with Crippen LogP contribution in [0.3, 0.4) is 0 Å². The number of benzene rings is 2. The molecule has 0 aliphatic heterocycles. The van der Waals surface area contributed by atoms with Crippen molar-refractivity contribution in [1.29, 1.82) is 0 Å². The molecule has 0 bridgehead atoms. The third-order valence-corrected chi connectivity index (χ3v) is 3.15. The Morgan fingerprint density at radius 2 is 1.95 bits per heavy atom. The molecular formula is C15H12BrFN2O2. The molecule has 2 rings (SSSR count). The molecule has 1 amide bonds. The summed E-state index contributed by atoms with van der Waals surface area (Å²) in [6.45, 7) is -0.183. The lowest BCUT2D eigenvalue weighted by atomic mass is 10.2. The molecule has 2 aromatic rings. The van der Waals surface area contributed by atoms with Crippen LogP contribution in [0.15, 0.2) is 58.1 Å². The first-order chi connectivity index (χ1) is 10.2. The quantitative estimate of drug-likeness (QED) is 0.665. The highest BCUT2D eigenvalue weighted by Gasteiger charge is 2.04. The Hall–Kier alpha value is -2.21. The zero-order chi connectivity index (χ0) is 15.1. The van der Waals surface area contributed by atoms with Crippen LogP contribution in [0, 0.1) is 5.82 Å².